The predicted octanol–water partition coefficient (Wildman–Crippen LogP) is 3.19. The Morgan fingerprint density at radius 2 is 1.93 bits per heavy atom. The van der Waals surface area contributed by atoms with Gasteiger partial charge in [-0.1, -0.05) is 36.4 Å². The Balaban J connectivity index is 2.61. The summed E-state index contributed by atoms with van der Waals surface area (Å²) in [6.45, 7) is 0. The molecule has 0 amide bonds. The first-order chi connectivity index (χ1) is 6.95. The number of benzene rings is 2. The summed E-state index contributed by atoms with van der Waals surface area (Å²) in [6.07, 6.45) is 1.91. The smallest absolute Gasteiger partial charge is 0.0714 e. The van der Waals surface area contributed by atoms with Crippen LogP contribution in [0.1, 0.15) is 0 Å². The fourth-order valence-electron chi connectivity index (χ4n) is 1.73. The molecule has 0 aliphatic heterocycles. The molecule has 0 aliphatic rings. The molecule has 1 radical (unpaired) electrons. The molecular formula is C13H8N. The SMILES string of the molecule is [c]1cccc2ncc3ccccc3c12. The quantitative estimate of drug-likeness (QED) is 0.482. The van der Waals surface area contributed by atoms with Gasteiger partial charge >= 0.3 is 0 Å². The zero-order chi connectivity index (χ0) is 9.38. The normalized spacial score (nSPS) is 10.9. The first-order valence-electron chi connectivity index (χ1n) is 4.59. The molecule has 0 spiro atoms. The summed E-state index contributed by atoms with van der Waals surface area (Å²) in [5, 5.41) is 3.49. The number of nitrogens with zero attached hydrogens (tertiary/aromatic N) is 1. The van der Waals surface area contributed by atoms with Crippen molar-refractivity contribution in [2.24, 2.45) is 0 Å². The number of hydrogen-bond donors (Lipinski definition) is 0. The van der Waals surface area contributed by atoms with Crippen LogP contribution in [0.5, 0.6) is 0 Å². The van der Waals surface area contributed by atoms with Crippen LogP contribution in [0.2, 0.25) is 0 Å². The van der Waals surface area contributed by atoms with Gasteiger partial charge in [-0.05, 0) is 17.5 Å². The molecule has 0 aliphatic carbocycles. The molecule has 0 fully saturated rings. The van der Waals surface area contributed by atoms with Crippen molar-refractivity contribution in [3.8, 4) is 0 Å². The highest BCUT2D eigenvalue weighted by atomic mass is 14.6. The maximum Gasteiger partial charge on any atom is 0.0714 e. The first kappa shape index (κ1) is 7.51. The molecule has 65 valence electrons. The van der Waals surface area contributed by atoms with Gasteiger partial charge in [-0.15, -0.1) is 0 Å². The zero-order valence-electron chi connectivity index (χ0n) is 7.57. The van der Waals surface area contributed by atoms with Crippen molar-refractivity contribution < 1.29 is 0 Å². The Morgan fingerprint density at radius 1 is 1.00 bits per heavy atom. The van der Waals surface area contributed by atoms with Gasteiger partial charge in [0.1, 0.15) is 0 Å². The summed E-state index contributed by atoms with van der Waals surface area (Å²) in [5.41, 5.74) is 1.01. The fourth-order valence-corrected chi connectivity index (χ4v) is 1.73. The van der Waals surface area contributed by atoms with E-state index < -0.39 is 0 Å². The topological polar surface area (TPSA) is 12.9 Å². The van der Waals surface area contributed by atoms with Crippen LogP contribution >= 0.6 is 0 Å². The van der Waals surface area contributed by atoms with Crippen LogP contribution in [0, 0.1) is 6.07 Å². The van der Waals surface area contributed by atoms with Gasteiger partial charge in [0, 0.05) is 17.0 Å². The van der Waals surface area contributed by atoms with E-state index in [-0.39, 0.29) is 0 Å². The lowest BCUT2D eigenvalue weighted by molar-refractivity contribution is 1.44. The average Bonchev–Trinajstić information content (AvgIpc) is 2.29. The van der Waals surface area contributed by atoms with E-state index in [0.29, 0.717) is 0 Å². The Morgan fingerprint density at radius 3 is 2.93 bits per heavy atom. The first-order valence-corrected chi connectivity index (χ1v) is 4.59. The molecule has 1 heteroatoms. The summed E-state index contributed by atoms with van der Waals surface area (Å²) >= 11 is 0. The monoisotopic (exact) mass is 178 g/mol. The van der Waals surface area contributed by atoms with Crippen molar-refractivity contribution >= 4 is 21.7 Å². The van der Waals surface area contributed by atoms with Gasteiger partial charge < -0.3 is 0 Å². The number of pyridine rings is 1. The van der Waals surface area contributed by atoms with Crippen molar-refractivity contribution in [2.45, 2.75) is 0 Å². The van der Waals surface area contributed by atoms with E-state index in [1.54, 1.807) is 0 Å². The third kappa shape index (κ3) is 0.990. The van der Waals surface area contributed by atoms with Crippen LogP contribution in [0.25, 0.3) is 21.7 Å². The number of hydrogen-bond acceptors (Lipinski definition) is 1. The lowest BCUT2D eigenvalue weighted by atomic mass is 10.1. The maximum atomic E-state index is 4.38. The zero-order valence-corrected chi connectivity index (χ0v) is 7.57. The van der Waals surface area contributed by atoms with E-state index in [1.807, 2.05) is 36.5 Å². The van der Waals surface area contributed by atoms with E-state index in [9.17, 15) is 0 Å². The highest BCUT2D eigenvalue weighted by Gasteiger charge is 1.98. The number of aromatic nitrogens is 1. The highest BCUT2D eigenvalue weighted by Crippen LogP contribution is 2.21. The molecular weight excluding hydrogens is 170 g/mol. The van der Waals surface area contributed by atoms with E-state index in [1.165, 1.54) is 10.8 Å². The van der Waals surface area contributed by atoms with Gasteiger partial charge in [0.25, 0.3) is 0 Å². The molecule has 0 saturated heterocycles. The molecule has 0 saturated carbocycles. The Kier molecular flexibility index (Phi) is 1.51. The summed E-state index contributed by atoms with van der Waals surface area (Å²) in [4.78, 5) is 4.38. The Hall–Kier alpha value is -1.89. The third-order valence-corrected chi connectivity index (χ3v) is 2.41. The van der Waals surface area contributed by atoms with Crippen LogP contribution in [0.3, 0.4) is 0 Å². The van der Waals surface area contributed by atoms with Crippen molar-refractivity contribution in [2.75, 3.05) is 0 Å². The standard InChI is InChI=1S/C13H8N/c1-2-6-11-10(5-1)9-14-13-8-4-3-7-12(11)13/h1-6,8-9H. The number of fused-ring (bicyclic) bond motifs is 3. The van der Waals surface area contributed by atoms with Gasteiger partial charge in [0.05, 0.1) is 5.52 Å². The molecule has 14 heavy (non-hydrogen) atoms. The minimum Gasteiger partial charge on any atom is -0.256 e. The maximum absolute atomic E-state index is 4.38. The van der Waals surface area contributed by atoms with Crippen molar-refractivity contribution in [1.82, 2.24) is 4.98 Å². The van der Waals surface area contributed by atoms with Crippen LogP contribution in [-0.4, -0.2) is 4.98 Å². The third-order valence-electron chi connectivity index (χ3n) is 2.41. The molecule has 3 aromatic rings. The van der Waals surface area contributed by atoms with Crippen molar-refractivity contribution in [3.05, 3.63) is 54.7 Å². The molecule has 1 heterocycles. The summed E-state index contributed by atoms with van der Waals surface area (Å²) in [7, 11) is 0. The fraction of sp³-hybridized carbons (Fsp3) is 0. The second-order valence-corrected chi connectivity index (χ2v) is 3.28. The van der Waals surface area contributed by atoms with Crippen LogP contribution in [0.15, 0.2) is 48.7 Å². The molecule has 1 nitrogen and oxygen atoms in total. The van der Waals surface area contributed by atoms with Crippen molar-refractivity contribution in [1.29, 1.82) is 0 Å². The molecule has 0 bridgehead atoms. The number of rotatable bonds is 0. The highest BCUT2D eigenvalue weighted by molar-refractivity contribution is 6.04. The van der Waals surface area contributed by atoms with Crippen LogP contribution in [0.4, 0.5) is 0 Å². The lowest BCUT2D eigenvalue weighted by Crippen LogP contribution is -1.80. The van der Waals surface area contributed by atoms with Crippen molar-refractivity contribution in [3.63, 3.8) is 0 Å². The minimum atomic E-state index is 1.01. The minimum absolute atomic E-state index is 1.01. The second kappa shape index (κ2) is 2.81. The summed E-state index contributed by atoms with van der Waals surface area (Å²) in [5.74, 6) is 0. The van der Waals surface area contributed by atoms with E-state index in [2.05, 4.69) is 23.2 Å². The molecule has 0 N–H and O–H groups in total. The lowest BCUT2D eigenvalue weighted by Gasteiger charge is -2.00. The molecule has 0 unspecified atom stereocenters. The molecule has 0 atom stereocenters. The van der Waals surface area contributed by atoms with E-state index in [4.69, 9.17) is 0 Å². The summed E-state index contributed by atoms with van der Waals surface area (Å²) < 4.78 is 0. The largest absolute Gasteiger partial charge is 0.256 e. The Labute approximate surface area is 82.0 Å². The van der Waals surface area contributed by atoms with E-state index >= 15 is 0 Å². The van der Waals surface area contributed by atoms with E-state index in [0.717, 1.165) is 10.9 Å². The second-order valence-electron chi connectivity index (χ2n) is 3.28. The van der Waals surface area contributed by atoms with Gasteiger partial charge in [-0.3, -0.25) is 4.98 Å². The predicted molar refractivity (Wildman–Crippen MR) is 58.1 cm³/mol. The molecule has 3 rings (SSSR count). The molecule has 1 aromatic heterocycles. The van der Waals surface area contributed by atoms with Gasteiger partial charge in [0.2, 0.25) is 0 Å². The summed E-state index contributed by atoms with van der Waals surface area (Å²) in [6, 6.07) is 17.4. The average molecular weight is 178 g/mol. The van der Waals surface area contributed by atoms with Gasteiger partial charge in [-0.2, -0.15) is 0 Å². The van der Waals surface area contributed by atoms with Crippen LogP contribution in [-0.2, 0) is 0 Å². The van der Waals surface area contributed by atoms with Gasteiger partial charge in [-0.25, -0.2) is 0 Å². The Bertz CT molecular complexity index is 544. The van der Waals surface area contributed by atoms with Crippen LogP contribution < -0.4 is 0 Å². The van der Waals surface area contributed by atoms with Gasteiger partial charge in [0.15, 0.2) is 0 Å². The molecule has 2 aromatic carbocycles.